The Bertz CT molecular complexity index is 217. The van der Waals surface area contributed by atoms with Crippen molar-refractivity contribution in [2.75, 3.05) is 39.4 Å². The molecule has 1 aliphatic heterocycles. The van der Waals surface area contributed by atoms with Gasteiger partial charge in [0.15, 0.2) is 0 Å². The molecule has 0 amide bonds. The second-order valence-electron chi connectivity index (χ2n) is 6.68. The first-order valence-corrected chi connectivity index (χ1v) is 8.11. The molecule has 0 saturated carbocycles. The maximum atomic E-state index is 5.81. The van der Waals surface area contributed by atoms with Crippen molar-refractivity contribution in [1.29, 1.82) is 0 Å². The highest BCUT2D eigenvalue weighted by Crippen LogP contribution is 2.18. The van der Waals surface area contributed by atoms with Crippen LogP contribution >= 0.6 is 0 Å². The molecular weight excluding hydrogens is 236 g/mol. The molecular formula is C16H36N2O. The summed E-state index contributed by atoms with van der Waals surface area (Å²) in [6.45, 7) is 15.7. The fraction of sp³-hybridized carbons (Fsp3) is 1.00. The molecule has 1 aliphatic rings. The van der Waals surface area contributed by atoms with E-state index in [1.54, 1.807) is 0 Å². The highest BCUT2D eigenvalue weighted by Gasteiger charge is 2.19. The van der Waals surface area contributed by atoms with Crippen molar-refractivity contribution in [3.8, 4) is 0 Å². The average Bonchev–Trinajstić information content (AvgIpc) is 2.34. The molecule has 19 heavy (non-hydrogen) atoms. The van der Waals surface area contributed by atoms with Crippen LogP contribution < -0.4 is 5.32 Å². The van der Waals surface area contributed by atoms with Gasteiger partial charge < -0.3 is 15.0 Å². The topological polar surface area (TPSA) is 24.5 Å². The molecule has 0 atom stereocenters. The van der Waals surface area contributed by atoms with Gasteiger partial charge in [0.05, 0.1) is 0 Å². The van der Waals surface area contributed by atoms with E-state index in [9.17, 15) is 0 Å². The maximum Gasteiger partial charge on any atom is 0.0495 e. The Morgan fingerprint density at radius 1 is 1.21 bits per heavy atom. The fourth-order valence-electron chi connectivity index (χ4n) is 2.67. The highest BCUT2D eigenvalue weighted by molar-refractivity contribution is 4.72. The van der Waals surface area contributed by atoms with Crippen LogP contribution in [0.4, 0.5) is 0 Å². The van der Waals surface area contributed by atoms with Gasteiger partial charge in [-0.05, 0) is 50.7 Å². The molecule has 1 N–H and O–H groups in total. The van der Waals surface area contributed by atoms with Gasteiger partial charge in [-0.25, -0.2) is 0 Å². The van der Waals surface area contributed by atoms with Gasteiger partial charge in [-0.15, -0.1) is 0 Å². The Labute approximate surface area is 121 Å². The van der Waals surface area contributed by atoms with E-state index in [1.165, 1.54) is 32.5 Å². The molecule has 0 radical (unpaired) electrons. The lowest BCUT2D eigenvalue weighted by molar-refractivity contribution is 0.0632. The number of rotatable bonds is 9. The van der Waals surface area contributed by atoms with Crippen LogP contribution in [0.2, 0.25) is 0 Å². The van der Waals surface area contributed by atoms with Gasteiger partial charge in [-0.2, -0.15) is 0 Å². The summed E-state index contributed by atoms with van der Waals surface area (Å²) >= 11 is 0. The zero-order valence-electron chi connectivity index (χ0n) is 13.5. The minimum absolute atomic E-state index is 0. The smallest absolute Gasteiger partial charge is 0.0495 e. The molecule has 1 rings (SSSR count). The number of nitrogens with one attached hydrogen (secondary N) is 1. The van der Waals surface area contributed by atoms with Crippen LogP contribution in [0.3, 0.4) is 0 Å². The van der Waals surface area contributed by atoms with Crippen molar-refractivity contribution in [3.05, 3.63) is 0 Å². The number of likely N-dealkylation sites (tertiary alicyclic amines) is 1. The highest BCUT2D eigenvalue weighted by atomic mass is 16.5. The van der Waals surface area contributed by atoms with Crippen molar-refractivity contribution in [2.45, 2.75) is 53.0 Å². The molecule has 1 saturated heterocycles. The van der Waals surface area contributed by atoms with Gasteiger partial charge in [0, 0.05) is 27.2 Å². The van der Waals surface area contributed by atoms with Crippen molar-refractivity contribution in [2.24, 2.45) is 11.8 Å². The van der Waals surface area contributed by atoms with Gasteiger partial charge in [0.2, 0.25) is 0 Å². The first kappa shape index (κ1) is 16.9. The zero-order chi connectivity index (χ0) is 14.1. The summed E-state index contributed by atoms with van der Waals surface area (Å²) in [4.78, 5) is 2.60. The minimum Gasteiger partial charge on any atom is -0.381 e. The van der Waals surface area contributed by atoms with E-state index in [-0.39, 0.29) is 1.43 Å². The Morgan fingerprint density at radius 3 is 2.47 bits per heavy atom. The number of ether oxygens (including phenoxy) is 1. The van der Waals surface area contributed by atoms with Crippen molar-refractivity contribution in [1.82, 2.24) is 10.2 Å². The molecule has 0 aromatic rings. The Kier molecular flexibility index (Phi) is 8.67. The summed E-state index contributed by atoms with van der Waals surface area (Å²) in [5.41, 5.74) is 0. The Hall–Kier alpha value is -0.120. The number of piperidine rings is 1. The summed E-state index contributed by atoms with van der Waals surface area (Å²) in [6.07, 6.45) is 3.76. The standard InChI is InChI=1S/C16H34N2O.H2/c1-14(2)12-18-9-6-16(7-10-18)13-19-11-5-8-17-15(3)4;/h14-17H,5-13H2,1-4H3;1H. The van der Waals surface area contributed by atoms with Crippen molar-refractivity contribution >= 4 is 0 Å². The Morgan fingerprint density at radius 2 is 1.89 bits per heavy atom. The predicted octanol–water partition coefficient (Wildman–Crippen LogP) is 3.01. The quantitative estimate of drug-likeness (QED) is 0.653. The van der Waals surface area contributed by atoms with Crippen LogP contribution in [0, 0.1) is 11.8 Å². The Balaban J connectivity index is 0.00000361. The molecule has 1 heterocycles. The first-order valence-electron chi connectivity index (χ1n) is 8.11. The SMILES string of the molecule is CC(C)CN1CCC(COCCCNC(C)C)CC1.[HH]. The van der Waals surface area contributed by atoms with Crippen molar-refractivity contribution < 1.29 is 6.16 Å². The van der Waals surface area contributed by atoms with Crippen LogP contribution in [-0.4, -0.2) is 50.3 Å². The third-order valence-electron chi connectivity index (χ3n) is 3.70. The fourth-order valence-corrected chi connectivity index (χ4v) is 2.67. The molecule has 0 aliphatic carbocycles. The second-order valence-corrected chi connectivity index (χ2v) is 6.68. The molecule has 0 aromatic heterocycles. The third-order valence-corrected chi connectivity index (χ3v) is 3.70. The van der Waals surface area contributed by atoms with Crippen LogP contribution in [0.15, 0.2) is 0 Å². The summed E-state index contributed by atoms with van der Waals surface area (Å²) in [6, 6.07) is 0.588. The van der Waals surface area contributed by atoms with Crippen LogP contribution in [-0.2, 0) is 4.74 Å². The molecule has 3 heteroatoms. The van der Waals surface area contributed by atoms with Crippen LogP contribution in [0.1, 0.15) is 48.4 Å². The van der Waals surface area contributed by atoms with Crippen LogP contribution in [0.5, 0.6) is 0 Å². The summed E-state index contributed by atoms with van der Waals surface area (Å²) in [7, 11) is 0. The van der Waals surface area contributed by atoms with Crippen molar-refractivity contribution in [3.63, 3.8) is 0 Å². The molecule has 0 spiro atoms. The van der Waals surface area contributed by atoms with E-state index < -0.39 is 0 Å². The maximum absolute atomic E-state index is 5.81. The normalized spacial score (nSPS) is 18.6. The summed E-state index contributed by atoms with van der Waals surface area (Å²) < 4.78 is 5.81. The first-order chi connectivity index (χ1) is 9.08. The number of nitrogens with zero attached hydrogens (tertiary/aromatic N) is 1. The van der Waals surface area contributed by atoms with Gasteiger partial charge in [-0.3, -0.25) is 0 Å². The lowest BCUT2D eigenvalue weighted by atomic mass is 9.97. The predicted molar refractivity (Wildman–Crippen MR) is 84.7 cm³/mol. The molecule has 3 nitrogen and oxygen atoms in total. The lowest BCUT2D eigenvalue weighted by Gasteiger charge is -2.32. The second kappa shape index (κ2) is 9.73. The largest absolute Gasteiger partial charge is 0.381 e. The summed E-state index contributed by atoms with van der Waals surface area (Å²) in [5.74, 6) is 1.59. The number of hydrogen-bond donors (Lipinski definition) is 1. The third kappa shape index (κ3) is 8.61. The molecule has 116 valence electrons. The monoisotopic (exact) mass is 272 g/mol. The molecule has 0 unspecified atom stereocenters. The summed E-state index contributed by atoms with van der Waals surface area (Å²) in [5, 5.41) is 3.42. The van der Waals surface area contributed by atoms with E-state index in [0.29, 0.717) is 6.04 Å². The lowest BCUT2D eigenvalue weighted by Crippen LogP contribution is -2.37. The zero-order valence-corrected chi connectivity index (χ0v) is 13.5. The van der Waals surface area contributed by atoms with E-state index in [2.05, 4.69) is 37.9 Å². The number of hydrogen-bond acceptors (Lipinski definition) is 3. The van der Waals surface area contributed by atoms with Gasteiger partial charge >= 0.3 is 0 Å². The van der Waals surface area contributed by atoms with E-state index >= 15 is 0 Å². The van der Waals surface area contributed by atoms with Gasteiger partial charge in [0.1, 0.15) is 0 Å². The van der Waals surface area contributed by atoms with Gasteiger partial charge in [0.25, 0.3) is 0 Å². The molecule has 0 bridgehead atoms. The van der Waals surface area contributed by atoms with E-state index in [0.717, 1.165) is 38.0 Å². The average molecular weight is 272 g/mol. The van der Waals surface area contributed by atoms with E-state index in [1.807, 2.05) is 0 Å². The minimum atomic E-state index is 0. The molecule has 1 fully saturated rings. The van der Waals surface area contributed by atoms with Gasteiger partial charge in [-0.1, -0.05) is 27.7 Å². The van der Waals surface area contributed by atoms with E-state index in [4.69, 9.17) is 4.74 Å². The van der Waals surface area contributed by atoms with Crippen LogP contribution in [0.25, 0.3) is 0 Å². The molecule has 0 aromatic carbocycles.